The number of nitrogens with one attached hydrogen (secondary N) is 1. The van der Waals surface area contributed by atoms with Gasteiger partial charge in [0.05, 0.1) is 12.3 Å². The van der Waals surface area contributed by atoms with E-state index >= 15 is 0 Å². The molecule has 0 aliphatic heterocycles. The number of hydrogen-bond donors (Lipinski definition) is 1. The van der Waals surface area contributed by atoms with Crippen LogP contribution in [0, 0.1) is 6.92 Å². The second kappa shape index (κ2) is 10.4. The van der Waals surface area contributed by atoms with Crippen LogP contribution in [0.15, 0.2) is 29.3 Å². The van der Waals surface area contributed by atoms with Crippen LogP contribution in [0.5, 0.6) is 0 Å². The van der Waals surface area contributed by atoms with Crippen molar-refractivity contribution in [3.63, 3.8) is 0 Å². The summed E-state index contributed by atoms with van der Waals surface area (Å²) in [6.07, 6.45) is 0. The van der Waals surface area contributed by atoms with E-state index in [0.29, 0.717) is 13.1 Å². The second-order valence-corrected chi connectivity index (χ2v) is 8.01. The highest BCUT2D eigenvalue weighted by atomic mass is 32.2. The minimum absolute atomic E-state index is 0.0295. The summed E-state index contributed by atoms with van der Waals surface area (Å²) in [5.41, 5.74) is 2.46. The monoisotopic (exact) mass is 368 g/mol. The highest BCUT2D eigenvalue weighted by Gasteiger charge is 2.18. The van der Waals surface area contributed by atoms with Gasteiger partial charge in [0.15, 0.2) is 5.96 Å². The molecule has 0 aliphatic carbocycles. The van der Waals surface area contributed by atoms with Crippen LogP contribution in [0.4, 0.5) is 0 Å². The van der Waals surface area contributed by atoms with Crippen LogP contribution < -0.4 is 5.32 Å². The molecule has 0 atom stereocenters. The third-order valence-electron chi connectivity index (χ3n) is 4.07. The van der Waals surface area contributed by atoms with Crippen molar-refractivity contribution in [1.82, 2.24) is 14.5 Å². The lowest BCUT2D eigenvalue weighted by molar-refractivity contribution is 0.445. The van der Waals surface area contributed by atoms with E-state index in [1.165, 1.54) is 15.4 Å². The van der Waals surface area contributed by atoms with Crippen molar-refractivity contribution in [3.05, 3.63) is 35.4 Å². The van der Waals surface area contributed by atoms with Gasteiger partial charge in [0.2, 0.25) is 10.0 Å². The Morgan fingerprint density at radius 3 is 2.36 bits per heavy atom. The first-order valence-electron chi connectivity index (χ1n) is 8.87. The second-order valence-electron chi connectivity index (χ2n) is 5.92. The Kier molecular flexibility index (Phi) is 8.92. The molecule has 1 aromatic carbocycles. The normalized spacial score (nSPS) is 12.5. The fourth-order valence-corrected chi connectivity index (χ4v) is 3.97. The third-order valence-corrected chi connectivity index (χ3v) is 6.08. The molecular weight excluding hydrogens is 336 g/mol. The van der Waals surface area contributed by atoms with E-state index in [-0.39, 0.29) is 12.3 Å². The zero-order chi connectivity index (χ0) is 18.9. The van der Waals surface area contributed by atoms with Crippen molar-refractivity contribution < 1.29 is 8.42 Å². The fraction of sp³-hybridized carbons (Fsp3) is 0.611. The standard InChI is InChI=1S/C18H32N4O2S/c1-6-19-18(20-13-14-25(23,24)22(7-2)8-3)21(5)15-17-12-10-9-11-16(17)4/h9-12H,6-8,13-15H2,1-5H3,(H,19,20). The first kappa shape index (κ1) is 21.4. The Morgan fingerprint density at radius 2 is 1.80 bits per heavy atom. The van der Waals surface area contributed by atoms with Gasteiger partial charge >= 0.3 is 0 Å². The first-order valence-corrected chi connectivity index (χ1v) is 10.5. The van der Waals surface area contributed by atoms with Gasteiger partial charge < -0.3 is 10.2 Å². The molecule has 1 rings (SSSR count). The zero-order valence-electron chi connectivity index (χ0n) is 16.1. The van der Waals surface area contributed by atoms with Crippen LogP contribution in [0.2, 0.25) is 0 Å². The summed E-state index contributed by atoms with van der Waals surface area (Å²) in [4.78, 5) is 6.52. The number of benzene rings is 1. The summed E-state index contributed by atoms with van der Waals surface area (Å²) in [7, 11) is -1.28. The van der Waals surface area contributed by atoms with Gasteiger partial charge in [-0.2, -0.15) is 0 Å². The van der Waals surface area contributed by atoms with Crippen molar-refractivity contribution in [3.8, 4) is 0 Å². The molecular formula is C18H32N4O2S. The molecule has 0 bridgehead atoms. The van der Waals surface area contributed by atoms with Crippen LogP contribution in [0.25, 0.3) is 0 Å². The molecule has 0 aliphatic rings. The maximum absolute atomic E-state index is 12.3. The molecule has 0 unspecified atom stereocenters. The number of aliphatic imine (C=N–C) groups is 1. The average molecular weight is 369 g/mol. The molecule has 0 radical (unpaired) electrons. The zero-order valence-corrected chi connectivity index (χ0v) is 16.9. The topological polar surface area (TPSA) is 65.0 Å². The van der Waals surface area contributed by atoms with E-state index in [2.05, 4.69) is 29.4 Å². The van der Waals surface area contributed by atoms with Crippen molar-refractivity contribution >= 4 is 16.0 Å². The number of sulfonamides is 1. The Hall–Kier alpha value is -1.60. The van der Waals surface area contributed by atoms with Crippen LogP contribution in [0.1, 0.15) is 31.9 Å². The van der Waals surface area contributed by atoms with Crippen LogP contribution >= 0.6 is 0 Å². The van der Waals surface area contributed by atoms with E-state index in [1.807, 2.05) is 44.9 Å². The third kappa shape index (κ3) is 6.66. The Bertz CT molecular complexity index is 655. The molecule has 7 heteroatoms. The summed E-state index contributed by atoms with van der Waals surface area (Å²) < 4.78 is 26.0. The Balaban J connectivity index is 2.78. The van der Waals surface area contributed by atoms with Gasteiger partial charge in [0.1, 0.15) is 0 Å². The summed E-state index contributed by atoms with van der Waals surface area (Å²) in [6.45, 7) is 10.5. The molecule has 25 heavy (non-hydrogen) atoms. The average Bonchev–Trinajstić information content (AvgIpc) is 2.56. The van der Waals surface area contributed by atoms with Gasteiger partial charge in [-0.3, -0.25) is 4.99 Å². The SMILES string of the molecule is CCNC(=NCCS(=O)(=O)N(CC)CC)N(C)Cc1ccccc1C. The fourth-order valence-electron chi connectivity index (χ4n) is 2.60. The van der Waals surface area contributed by atoms with Crippen LogP contribution in [-0.2, 0) is 16.6 Å². The number of guanidine groups is 1. The molecule has 0 saturated carbocycles. The van der Waals surface area contributed by atoms with Crippen molar-refractivity contribution in [1.29, 1.82) is 0 Å². The van der Waals surface area contributed by atoms with E-state index in [0.717, 1.165) is 19.0 Å². The maximum atomic E-state index is 12.3. The van der Waals surface area contributed by atoms with E-state index in [9.17, 15) is 8.42 Å². The molecule has 0 aromatic heterocycles. The Labute approximate surface area is 153 Å². The molecule has 0 saturated heterocycles. The maximum Gasteiger partial charge on any atom is 0.215 e. The molecule has 142 valence electrons. The van der Waals surface area contributed by atoms with Gasteiger partial charge in [-0.05, 0) is 25.0 Å². The molecule has 6 nitrogen and oxygen atoms in total. The molecule has 0 amide bonds. The largest absolute Gasteiger partial charge is 0.357 e. The van der Waals surface area contributed by atoms with Crippen LogP contribution in [-0.4, -0.2) is 62.6 Å². The van der Waals surface area contributed by atoms with E-state index in [4.69, 9.17) is 0 Å². The van der Waals surface area contributed by atoms with Gasteiger partial charge in [0.25, 0.3) is 0 Å². The smallest absolute Gasteiger partial charge is 0.215 e. The summed E-state index contributed by atoms with van der Waals surface area (Å²) in [5, 5.41) is 3.23. The Morgan fingerprint density at radius 1 is 1.16 bits per heavy atom. The number of nitrogens with zero attached hydrogens (tertiary/aromatic N) is 3. The number of hydrogen-bond acceptors (Lipinski definition) is 3. The highest BCUT2D eigenvalue weighted by molar-refractivity contribution is 7.89. The lowest BCUT2D eigenvalue weighted by atomic mass is 10.1. The minimum atomic E-state index is -3.24. The quantitative estimate of drug-likeness (QED) is 0.535. The van der Waals surface area contributed by atoms with E-state index < -0.39 is 10.0 Å². The summed E-state index contributed by atoms with van der Waals surface area (Å²) in [5.74, 6) is 0.752. The lowest BCUT2D eigenvalue weighted by Gasteiger charge is -2.23. The first-order chi connectivity index (χ1) is 11.9. The lowest BCUT2D eigenvalue weighted by Crippen LogP contribution is -2.39. The van der Waals surface area contributed by atoms with Gasteiger partial charge in [-0.15, -0.1) is 0 Å². The van der Waals surface area contributed by atoms with Gasteiger partial charge in [-0.1, -0.05) is 38.1 Å². The minimum Gasteiger partial charge on any atom is -0.357 e. The molecule has 0 spiro atoms. The summed E-state index contributed by atoms with van der Waals surface area (Å²) in [6, 6.07) is 8.23. The van der Waals surface area contributed by atoms with Crippen molar-refractivity contribution in [2.24, 2.45) is 4.99 Å². The predicted octanol–water partition coefficient (Wildman–Crippen LogP) is 2.06. The van der Waals surface area contributed by atoms with Gasteiger partial charge in [0, 0.05) is 33.2 Å². The predicted molar refractivity (Wildman–Crippen MR) is 105 cm³/mol. The molecule has 1 aromatic rings. The summed E-state index contributed by atoms with van der Waals surface area (Å²) >= 11 is 0. The molecule has 0 heterocycles. The molecule has 0 fully saturated rings. The molecule has 1 N–H and O–H groups in total. The van der Waals surface area contributed by atoms with Crippen molar-refractivity contribution in [2.75, 3.05) is 39.0 Å². The van der Waals surface area contributed by atoms with Crippen molar-refractivity contribution in [2.45, 2.75) is 34.2 Å². The highest BCUT2D eigenvalue weighted by Crippen LogP contribution is 2.09. The number of aryl methyl sites for hydroxylation is 1. The number of rotatable bonds is 9. The van der Waals surface area contributed by atoms with Crippen LogP contribution in [0.3, 0.4) is 0 Å². The van der Waals surface area contributed by atoms with Gasteiger partial charge in [-0.25, -0.2) is 12.7 Å². The van der Waals surface area contributed by atoms with E-state index in [1.54, 1.807) is 0 Å².